The van der Waals surface area contributed by atoms with Gasteiger partial charge in [-0.1, -0.05) is 0 Å². The molecule has 0 saturated carbocycles. The first-order valence-electron chi connectivity index (χ1n) is 4.09. The number of carbonyl (C=O) groups is 1. The van der Waals surface area contributed by atoms with E-state index in [0.29, 0.717) is 12.1 Å². The third-order valence-electron chi connectivity index (χ3n) is 1.91. The van der Waals surface area contributed by atoms with E-state index in [0.717, 1.165) is 6.92 Å². The number of carbonyl (C=O) groups excluding carboxylic acids is 1. The molecule has 1 aromatic carbocycles. The summed E-state index contributed by atoms with van der Waals surface area (Å²) in [6.07, 6.45) is -4.94. The van der Waals surface area contributed by atoms with Crippen LogP contribution in [0.4, 0.5) is 17.6 Å². The summed E-state index contributed by atoms with van der Waals surface area (Å²) in [7, 11) is 0. The van der Waals surface area contributed by atoms with Crippen molar-refractivity contribution in [2.75, 3.05) is 0 Å². The largest absolute Gasteiger partial charge is 0.418 e. The summed E-state index contributed by atoms with van der Waals surface area (Å²) in [5.74, 6) is -2.35. The molecule has 1 rings (SSSR count). The quantitative estimate of drug-likeness (QED) is 0.550. The number of halogens is 4. The first kappa shape index (κ1) is 12.2. The van der Waals surface area contributed by atoms with Gasteiger partial charge in [0.25, 0.3) is 0 Å². The zero-order valence-electron chi connectivity index (χ0n) is 8.02. The van der Waals surface area contributed by atoms with Gasteiger partial charge in [0.2, 0.25) is 0 Å². The van der Waals surface area contributed by atoms with Crippen molar-refractivity contribution >= 4 is 5.78 Å². The molecule has 0 N–H and O–H groups in total. The van der Waals surface area contributed by atoms with Gasteiger partial charge in [-0.15, -0.1) is 0 Å². The molecule has 0 aliphatic carbocycles. The number of benzene rings is 1. The van der Waals surface area contributed by atoms with Crippen LogP contribution in [0, 0.1) is 17.1 Å². The van der Waals surface area contributed by atoms with Crippen molar-refractivity contribution < 1.29 is 22.4 Å². The normalized spacial score (nSPS) is 11.0. The first-order valence-corrected chi connectivity index (χ1v) is 4.09. The zero-order chi connectivity index (χ0) is 12.5. The third kappa shape index (κ3) is 2.03. The smallest absolute Gasteiger partial charge is 0.294 e. The lowest BCUT2D eigenvalue weighted by Crippen LogP contribution is -2.16. The molecule has 0 saturated heterocycles. The number of hydrogen-bond acceptors (Lipinski definition) is 2. The molecule has 84 valence electrons. The van der Waals surface area contributed by atoms with E-state index in [4.69, 9.17) is 5.26 Å². The molecule has 0 atom stereocenters. The van der Waals surface area contributed by atoms with E-state index in [-0.39, 0.29) is 0 Å². The van der Waals surface area contributed by atoms with Crippen molar-refractivity contribution in [1.29, 1.82) is 5.26 Å². The summed E-state index contributed by atoms with van der Waals surface area (Å²) in [4.78, 5) is 11.0. The Kier molecular flexibility index (Phi) is 2.99. The van der Waals surface area contributed by atoms with Gasteiger partial charge in [0.15, 0.2) is 5.78 Å². The predicted molar refractivity (Wildman–Crippen MR) is 46.1 cm³/mol. The number of ketones is 1. The molecule has 6 heteroatoms. The highest BCUT2D eigenvalue weighted by Gasteiger charge is 2.38. The first-order chi connectivity index (χ1) is 7.29. The lowest BCUT2D eigenvalue weighted by atomic mass is 9.98. The number of nitrogens with zero attached hydrogens (tertiary/aromatic N) is 1. The van der Waals surface area contributed by atoms with Gasteiger partial charge >= 0.3 is 6.18 Å². The summed E-state index contributed by atoms with van der Waals surface area (Å²) in [5.41, 5.74) is -3.37. The monoisotopic (exact) mass is 231 g/mol. The van der Waals surface area contributed by atoms with Gasteiger partial charge in [-0.05, 0) is 19.1 Å². The highest BCUT2D eigenvalue weighted by molar-refractivity contribution is 5.96. The third-order valence-corrected chi connectivity index (χ3v) is 1.91. The molecule has 0 aliphatic heterocycles. The number of hydrogen-bond donors (Lipinski definition) is 0. The molecule has 0 bridgehead atoms. The van der Waals surface area contributed by atoms with E-state index >= 15 is 0 Å². The maximum absolute atomic E-state index is 13.1. The zero-order valence-corrected chi connectivity index (χ0v) is 8.02. The minimum atomic E-state index is -4.94. The maximum Gasteiger partial charge on any atom is 0.418 e. The van der Waals surface area contributed by atoms with Crippen LogP contribution in [0.25, 0.3) is 0 Å². The average molecular weight is 231 g/mol. The van der Waals surface area contributed by atoms with Gasteiger partial charge in [-0.3, -0.25) is 4.79 Å². The maximum atomic E-state index is 13.1. The van der Waals surface area contributed by atoms with Crippen molar-refractivity contribution in [2.45, 2.75) is 13.1 Å². The Morgan fingerprint density at radius 3 is 2.31 bits per heavy atom. The molecule has 0 heterocycles. The Hall–Kier alpha value is -1.90. The fourth-order valence-electron chi connectivity index (χ4n) is 1.31. The van der Waals surface area contributed by atoms with E-state index < -0.39 is 34.5 Å². The van der Waals surface area contributed by atoms with Gasteiger partial charge < -0.3 is 0 Å². The van der Waals surface area contributed by atoms with Crippen molar-refractivity contribution in [3.05, 3.63) is 34.6 Å². The molecular weight excluding hydrogens is 226 g/mol. The van der Waals surface area contributed by atoms with Gasteiger partial charge in [-0.2, -0.15) is 18.4 Å². The van der Waals surface area contributed by atoms with E-state index in [9.17, 15) is 22.4 Å². The van der Waals surface area contributed by atoms with E-state index in [1.807, 2.05) is 0 Å². The van der Waals surface area contributed by atoms with Crippen LogP contribution in [0.15, 0.2) is 12.1 Å². The van der Waals surface area contributed by atoms with Crippen LogP contribution in [0.2, 0.25) is 0 Å². The average Bonchev–Trinajstić information content (AvgIpc) is 2.15. The molecule has 0 amide bonds. The van der Waals surface area contributed by atoms with Crippen LogP contribution >= 0.6 is 0 Å². The van der Waals surface area contributed by atoms with Gasteiger partial charge in [-0.25, -0.2) is 4.39 Å². The lowest BCUT2D eigenvalue weighted by Gasteiger charge is -2.13. The Morgan fingerprint density at radius 1 is 1.38 bits per heavy atom. The highest BCUT2D eigenvalue weighted by Crippen LogP contribution is 2.35. The van der Waals surface area contributed by atoms with Crippen molar-refractivity contribution in [3.63, 3.8) is 0 Å². The Labute approximate surface area is 88.1 Å². The minimum Gasteiger partial charge on any atom is -0.294 e. The molecule has 0 aromatic heterocycles. The fraction of sp³-hybridized carbons (Fsp3) is 0.200. The Morgan fingerprint density at radius 2 is 1.94 bits per heavy atom. The highest BCUT2D eigenvalue weighted by atomic mass is 19.4. The molecular formula is C10H5F4NO. The number of alkyl halides is 3. The topological polar surface area (TPSA) is 40.9 Å². The van der Waals surface area contributed by atoms with E-state index in [2.05, 4.69) is 0 Å². The van der Waals surface area contributed by atoms with E-state index in [1.165, 1.54) is 6.07 Å². The predicted octanol–water partition coefficient (Wildman–Crippen LogP) is 2.92. The number of nitriles is 1. The second-order valence-corrected chi connectivity index (χ2v) is 3.01. The summed E-state index contributed by atoms with van der Waals surface area (Å²) < 4.78 is 50.8. The molecule has 2 nitrogen and oxygen atoms in total. The van der Waals surface area contributed by atoms with Crippen molar-refractivity contribution in [2.24, 2.45) is 0 Å². The molecule has 16 heavy (non-hydrogen) atoms. The lowest BCUT2D eigenvalue weighted by molar-refractivity contribution is -0.138. The van der Waals surface area contributed by atoms with Crippen molar-refractivity contribution in [3.8, 4) is 6.07 Å². The fourth-order valence-corrected chi connectivity index (χ4v) is 1.31. The molecule has 0 radical (unpaired) electrons. The second-order valence-electron chi connectivity index (χ2n) is 3.01. The van der Waals surface area contributed by atoms with Gasteiger partial charge in [0.1, 0.15) is 5.82 Å². The number of Topliss-reactive ketones (excluding diaryl/α,β-unsaturated/α-hetero) is 1. The molecule has 0 spiro atoms. The van der Waals surface area contributed by atoms with Crippen LogP contribution in [0.3, 0.4) is 0 Å². The standard InChI is InChI=1S/C10H5F4NO/c1-5(16)8-7(11)3-2-6(4-15)9(8)10(12,13)14/h2-3H,1H3. The summed E-state index contributed by atoms with van der Waals surface area (Å²) in [6.45, 7) is 0.814. The molecule has 0 unspecified atom stereocenters. The van der Waals surface area contributed by atoms with Crippen molar-refractivity contribution in [1.82, 2.24) is 0 Å². The van der Waals surface area contributed by atoms with Crippen LogP contribution in [-0.2, 0) is 6.18 Å². The van der Waals surface area contributed by atoms with Gasteiger partial charge in [0, 0.05) is 0 Å². The minimum absolute atomic E-state index is 0.671. The second kappa shape index (κ2) is 3.93. The van der Waals surface area contributed by atoms with Crippen LogP contribution in [0.5, 0.6) is 0 Å². The van der Waals surface area contributed by atoms with Crippen LogP contribution in [-0.4, -0.2) is 5.78 Å². The Balaban J connectivity index is 3.71. The van der Waals surface area contributed by atoms with Crippen LogP contribution < -0.4 is 0 Å². The van der Waals surface area contributed by atoms with Crippen LogP contribution in [0.1, 0.15) is 28.4 Å². The summed E-state index contributed by atoms with van der Waals surface area (Å²) >= 11 is 0. The summed E-state index contributed by atoms with van der Waals surface area (Å²) in [6, 6.07) is 2.66. The summed E-state index contributed by atoms with van der Waals surface area (Å²) in [5, 5.41) is 8.50. The SMILES string of the molecule is CC(=O)c1c(F)ccc(C#N)c1C(F)(F)F. The van der Waals surface area contributed by atoms with Gasteiger partial charge in [0.05, 0.1) is 22.8 Å². The molecule has 1 aromatic rings. The Bertz CT molecular complexity index is 485. The van der Waals surface area contributed by atoms with E-state index in [1.54, 1.807) is 0 Å². The number of rotatable bonds is 1. The molecule has 0 aliphatic rings. The molecule has 0 fully saturated rings.